The van der Waals surface area contributed by atoms with Crippen molar-refractivity contribution in [1.82, 2.24) is 20.0 Å². The largest absolute Gasteiger partial charge is 0.453 e. The number of carbonyl (C=O) groups is 1. The summed E-state index contributed by atoms with van der Waals surface area (Å²) in [6, 6.07) is 19.6. The van der Waals surface area contributed by atoms with Crippen molar-refractivity contribution in [2.75, 3.05) is 32.5 Å². The first-order valence-electron chi connectivity index (χ1n) is 11.7. The second-order valence-corrected chi connectivity index (χ2v) is 8.75. The lowest BCUT2D eigenvalue weighted by atomic mass is 10.2. The summed E-state index contributed by atoms with van der Waals surface area (Å²) in [5.74, 6) is 0.163. The molecule has 1 heterocycles. The number of rotatable bonds is 9. The van der Waals surface area contributed by atoms with Crippen LogP contribution in [0, 0.1) is 12.7 Å². The van der Waals surface area contributed by atoms with Crippen LogP contribution in [0.4, 0.5) is 15.8 Å². The molecule has 0 radical (unpaired) electrons. The Labute approximate surface area is 214 Å². The molecule has 0 aliphatic rings. The summed E-state index contributed by atoms with van der Waals surface area (Å²) in [5.41, 5.74) is 2.21. The number of benzene rings is 3. The third kappa shape index (κ3) is 6.59. The topological polar surface area (TPSA) is 88.5 Å². The highest BCUT2D eigenvalue weighted by Gasteiger charge is 2.16. The van der Waals surface area contributed by atoms with Gasteiger partial charge in [0.15, 0.2) is 11.4 Å². The number of nitrogens with zero attached hydrogens (tertiary/aromatic N) is 3. The third-order valence-electron chi connectivity index (χ3n) is 5.52. The molecule has 37 heavy (non-hydrogen) atoms. The van der Waals surface area contributed by atoms with Gasteiger partial charge in [-0.05, 0) is 81.7 Å². The standard InChI is InChI=1S/C28H28FN5O3/c1-19-4-14-24(15-5-19)37-25-18-31-34(23-12-8-21(29)9-13-23)28(36)26(25)32-22-10-6-20(7-11-22)27(35)30-16-17-33(2)3/h4-15,18,32H,16-17H2,1-3H3,(H,30,35). The van der Waals surface area contributed by atoms with E-state index in [0.717, 1.165) is 16.8 Å². The Kier molecular flexibility index (Phi) is 7.95. The molecule has 4 rings (SSSR count). The van der Waals surface area contributed by atoms with Crippen molar-refractivity contribution in [2.24, 2.45) is 0 Å². The third-order valence-corrected chi connectivity index (χ3v) is 5.52. The zero-order valence-corrected chi connectivity index (χ0v) is 20.9. The fourth-order valence-corrected chi connectivity index (χ4v) is 3.47. The molecule has 8 nitrogen and oxygen atoms in total. The number of amides is 1. The lowest BCUT2D eigenvalue weighted by Gasteiger charge is -2.15. The SMILES string of the molecule is Cc1ccc(Oc2cnn(-c3ccc(F)cc3)c(=O)c2Nc2ccc(C(=O)NCCN(C)C)cc2)cc1. The number of anilines is 2. The minimum atomic E-state index is -0.485. The molecule has 0 spiro atoms. The van der Waals surface area contributed by atoms with Crippen molar-refractivity contribution in [3.8, 4) is 17.2 Å². The van der Waals surface area contributed by atoms with Gasteiger partial charge in [0.25, 0.3) is 11.5 Å². The number of aryl methyl sites for hydroxylation is 1. The highest BCUT2D eigenvalue weighted by molar-refractivity contribution is 5.94. The van der Waals surface area contributed by atoms with Gasteiger partial charge in [0.1, 0.15) is 11.6 Å². The first kappa shape index (κ1) is 25.6. The van der Waals surface area contributed by atoms with Gasteiger partial charge < -0.3 is 20.3 Å². The fourth-order valence-electron chi connectivity index (χ4n) is 3.47. The van der Waals surface area contributed by atoms with E-state index in [0.29, 0.717) is 29.2 Å². The summed E-state index contributed by atoms with van der Waals surface area (Å²) >= 11 is 0. The summed E-state index contributed by atoms with van der Waals surface area (Å²) in [7, 11) is 3.87. The molecular formula is C28H28FN5O3. The van der Waals surface area contributed by atoms with E-state index in [1.807, 2.05) is 38.1 Å². The van der Waals surface area contributed by atoms with E-state index in [2.05, 4.69) is 15.7 Å². The van der Waals surface area contributed by atoms with Gasteiger partial charge in [-0.1, -0.05) is 17.7 Å². The quantitative estimate of drug-likeness (QED) is 0.351. The molecule has 2 N–H and O–H groups in total. The van der Waals surface area contributed by atoms with Gasteiger partial charge >= 0.3 is 0 Å². The van der Waals surface area contributed by atoms with Crippen LogP contribution < -0.4 is 20.9 Å². The highest BCUT2D eigenvalue weighted by Crippen LogP contribution is 2.29. The molecule has 4 aromatic rings. The van der Waals surface area contributed by atoms with E-state index in [-0.39, 0.29) is 17.3 Å². The molecule has 1 aromatic heterocycles. The summed E-state index contributed by atoms with van der Waals surface area (Å²) in [4.78, 5) is 27.8. The van der Waals surface area contributed by atoms with Crippen LogP contribution in [0.2, 0.25) is 0 Å². The van der Waals surface area contributed by atoms with Crippen molar-refractivity contribution < 1.29 is 13.9 Å². The number of nitrogens with one attached hydrogen (secondary N) is 2. The number of likely N-dealkylation sites (N-methyl/N-ethyl adjacent to an activating group) is 1. The molecule has 1 amide bonds. The van der Waals surface area contributed by atoms with Gasteiger partial charge in [-0.3, -0.25) is 9.59 Å². The minimum absolute atomic E-state index is 0.142. The average molecular weight is 502 g/mol. The smallest absolute Gasteiger partial charge is 0.299 e. The second-order valence-electron chi connectivity index (χ2n) is 8.75. The van der Waals surface area contributed by atoms with Crippen LogP contribution in [0.3, 0.4) is 0 Å². The number of hydrogen-bond acceptors (Lipinski definition) is 6. The molecule has 0 saturated heterocycles. The monoisotopic (exact) mass is 501 g/mol. The number of carbonyl (C=O) groups excluding carboxylic acids is 1. The van der Waals surface area contributed by atoms with Crippen molar-refractivity contribution >= 4 is 17.3 Å². The van der Waals surface area contributed by atoms with E-state index in [1.165, 1.54) is 30.5 Å². The van der Waals surface area contributed by atoms with Gasteiger partial charge in [0.05, 0.1) is 11.9 Å². The minimum Gasteiger partial charge on any atom is -0.453 e. The maximum Gasteiger partial charge on any atom is 0.299 e. The first-order chi connectivity index (χ1) is 17.8. The Morgan fingerprint density at radius 1 is 1.00 bits per heavy atom. The maximum absolute atomic E-state index is 13.5. The van der Waals surface area contributed by atoms with Crippen LogP contribution in [0.15, 0.2) is 83.8 Å². The van der Waals surface area contributed by atoms with E-state index < -0.39 is 11.4 Å². The Morgan fingerprint density at radius 2 is 1.68 bits per heavy atom. The van der Waals surface area contributed by atoms with Crippen molar-refractivity contribution in [3.63, 3.8) is 0 Å². The average Bonchev–Trinajstić information content (AvgIpc) is 2.88. The molecule has 0 aliphatic heterocycles. The van der Waals surface area contributed by atoms with E-state index >= 15 is 0 Å². The molecule has 0 atom stereocenters. The van der Waals surface area contributed by atoms with Crippen LogP contribution in [0.25, 0.3) is 5.69 Å². The molecule has 9 heteroatoms. The van der Waals surface area contributed by atoms with Gasteiger partial charge in [0.2, 0.25) is 0 Å². The Morgan fingerprint density at radius 3 is 2.32 bits per heavy atom. The lowest BCUT2D eigenvalue weighted by Crippen LogP contribution is -2.31. The molecule has 0 unspecified atom stereocenters. The van der Waals surface area contributed by atoms with Gasteiger partial charge in [-0.25, -0.2) is 4.39 Å². The van der Waals surface area contributed by atoms with Crippen LogP contribution >= 0.6 is 0 Å². The highest BCUT2D eigenvalue weighted by atomic mass is 19.1. The second kappa shape index (κ2) is 11.5. The molecule has 3 aromatic carbocycles. The fraction of sp³-hybridized carbons (Fsp3) is 0.179. The molecule has 0 bridgehead atoms. The number of hydrogen-bond donors (Lipinski definition) is 2. The zero-order valence-electron chi connectivity index (χ0n) is 20.9. The van der Waals surface area contributed by atoms with Gasteiger partial charge in [-0.15, -0.1) is 0 Å². The van der Waals surface area contributed by atoms with Crippen molar-refractivity contribution in [2.45, 2.75) is 6.92 Å². The van der Waals surface area contributed by atoms with Crippen LogP contribution in [0.1, 0.15) is 15.9 Å². The normalized spacial score (nSPS) is 10.8. The number of halogens is 1. The van der Waals surface area contributed by atoms with Crippen molar-refractivity contribution in [3.05, 3.63) is 106 Å². The van der Waals surface area contributed by atoms with E-state index in [9.17, 15) is 14.0 Å². The summed E-state index contributed by atoms with van der Waals surface area (Å²) in [6.45, 7) is 3.23. The molecule has 0 fully saturated rings. The Balaban J connectivity index is 1.63. The molecule has 0 aliphatic carbocycles. The maximum atomic E-state index is 13.5. The zero-order chi connectivity index (χ0) is 26.4. The van der Waals surface area contributed by atoms with Crippen LogP contribution in [-0.2, 0) is 0 Å². The molecule has 0 saturated carbocycles. The summed E-state index contributed by atoms with van der Waals surface area (Å²) < 4.78 is 20.6. The van der Waals surface area contributed by atoms with Crippen LogP contribution in [0.5, 0.6) is 11.5 Å². The molecule has 190 valence electrons. The van der Waals surface area contributed by atoms with Gasteiger partial charge in [0, 0.05) is 24.3 Å². The van der Waals surface area contributed by atoms with Crippen molar-refractivity contribution in [1.29, 1.82) is 0 Å². The Bertz CT molecular complexity index is 1420. The van der Waals surface area contributed by atoms with E-state index in [4.69, 9.17) is 4.74 Å². The molecular weight excluding hydrogens is 473 g/mol. The number of aromatic nitrogens is 2. The Hall–Kier alpha value is -4.50. The number of ether oxygens (including phenoxy) is 1. The van der Waals surface area contributed by atoms with E-state index in [1.54, 1.807) is 36.4 Å². The first-order valence-corrected chi connectivity index (χ1v) is 11.7. The van der Waals surface area contributed by atoms with Gasteiger partial charge in [-0.2, -0.15) is 9.78 Å². The predicted octanol–water partition coefficient (Wildman–Crippen LogP) is 4.51. The van der Waals surface area contributed by atoms with Crippen LogP contribution in [-0.4, -0.2) is 47.8 Å². The summed E-state index contributed by atoms with van der Waals surface area (Å²) in [6.07, 6.45) is 1.43. The summed E-state index contributed by atoms with van der Waals surface area (Å²) in [5, 5.41) is 10.2. The lowest BCUT2D eigenvalue weighted by molar-refractivity contribution is 0.0951. The predicted molar refractivity (Wildman–Crippen MR) is 142 cm³/mol.